The quantitative estimate of drug-likeness (QED) is 0.288. The first kappa shape index (κ1) is 30.8. The van der Waals surface area contributed by atoms with Gasteiger partial charge >= 0.3 is 0 Å². The fourth-order valence-corrected chi connectivity index (χ4v) is 6.85. The van der Waals surface area contributed by atoms with Gasteiger partial charge in [0.05, 0.1) is 12.1 Å². The number of nitrogens with one attached hydrogen (secondary N) is 3. The Labute approximate surface area is 246 Å². The molecule has 2 fully saturated rings. The Bertz CT molecular complexity index is 1200. The number of hydrogen-bond acceptors (Lipinski definition) is 4. The van der Waals surface area contributed by atoms with Gasteiger partial charge in [0.2, 0.25) is 11.8 Å². The van der Waals surface area contributed by atoms with Gasteiger partial charge in [-0.05, 0) is 72.8 Å². The van der Waals surface area contributed by atoms with Gasteiger partial charge < -0.3 is 21.1 Å². The average molecular weight is 593 g/mol. The molecule has 218 valence electrons. The molecule has 1 aromatic rings. The molecule has 40 heavy (non-hydrogen) atoms. The summed E-state index contributed by atoms with van der Waals surface area (Å²) in [5, 5.41) is 20.1. The van der Waals surface area contributed by atoms with Gasteiger partial charge in [-0.3, -0.25) is 9.59 Å². The number of amides is 2. The Morgan fingerprint density at radius 1 is 1.27 bits per heavy atom. The van der Waals surface area contributed by atoms with Crippen molar-refractivity contribution < 1.29 is 19.1 Å². The number of aliphatic hydroxyl groups is 1. The zero-order valence-corrected chi connectivity index (χ0v) is 24.9. The number of aliphatic hydroxyl groups excluding tert-OH is 1. The lowest BCUT2D eigenvalue weighted by atomic mass is 9.62. The van der Waals surface area contributed by atoms with Crippen LogP contribution in [0.5, 0.6) is 0 Å². The number of fused-ring (bicyclic) bond motifs is 2. The zero-order chi connectivity index (χ0) is 29.2. The van der Waals surface area contributed by atoms with Crippen molar-refractivity contribution in [2.45, 2.75) is 76.5 Å². The van der Waals surface area contributed by atoms with Gasteiger partial charge in [-0.2, -0.15) is 0 Å². The highest BCUT2D eigenvalue weighted by Gasteiger charge is 2.65. The van der Waals surface area contributed by atoms with Crippen LogP contribution in [-0.2, 0) is 15.0 Å². The minimum atomic E-state index is -1.13. The van der Waals surface area contributed by atoms with Gasteiger partial charge in [-0.1, -0.05) is 68.8 Å². The number of hydrogen-bond donors (Lipinski definition) is 4. The van der Waals surface area contributed by atoms with Crippen LogP contribution in [0.15, 0.2) is 53.6 Å². The van der Waals surface area contributed by atoms with Crippen molar-refractivity contribution in [3.63, 3.8) is 0 Å². The first-order chi connectivity index (χ1) is 18.9. The van der Waals surface area contributed by atoms with E-state index in [4.69, 9.17) is 23.2 Å². The number of carbonyl (C=O) groups excluding carboxylic acids is 2. The Morgan fingerprint density at radius 2 is 1.98 bits per heavy atom. The van der Waals surface area contributed by atoms with Crippen LogP contribution in [-0.4, -0.2) is 48.3 Å². The van der Waals surface area contributed by atoms with Gasteiger partial charge in [0.25, 0.3) is 0 Å². The van der Waals surface area contributed by atoms with Gasteiger partial charge in [-0.25, -0.2) is 4.39 Å². The lowest BCUT2D eigenvalue weighted by molar-refractivity contribution is -0.124. The summed E-state index contributed by atoms with van der Waals surface area (Å²) in [5.41, 5.74) is 0.675. The molecule has 1 saturated carbocycles. The summed E-state index contributed by atoms with van der Waals surface area (Å²) in [6, 6.07) is 4.25. The van der Waals surface area contributed by atoms with E-state index in [1.807, 2.05) is 6.07 Å². The predicted octanol–water partition coefficient (Wildman–Crippen LogP) is 5.79. The molecule has 9 heteroatoms. The van der Waals surface area contributed by atoms with Crippen molar-refractivity contribution in [1.82, 2.24) is 10.6 Å². The average Bonchev–Trinajstić information content (AvgIpc) is 3.36. The molecule has 1 aromatic carbocycles. The molecule has 2 aliphatic heterocycles. The second kappa shape index (κ2) is 12.4. The summed E-state index contributed by atoms with van der Waals surface area (Å²) in [6.07, 6.45) is 8.28. The van der Waals surface area contributed by atoms with E-state index >= 15 is 0 Å². The van der Waals surface area contributed by atoms with Gasteiger partial charge in [0, 0.05) is 34.2 Å². The molecule has 4 rings (SSSR count). The highest BCUT2D eigenvalue weighted by atomic mass is 35.5. The van der Waals surface area contributed by atoms with E-state index in [0.717, 1.165) is 31.2 Å². The van der Waals surface area contributed by atoms with E-state index in [9.17, 15) is 19.1 Å². The maximum absolute atomic E-state index is 14.1. The van der Waals surface area contributed by atoms with Crippen LogP contribution in [0.1, 0.15) is 58.4 Å². The van der Waals surface area contributed by atoms with Crippen LogP contribution >= 0.6 is 23.2 Å². The molecule has 4 atom stereocenters. The molecule has 6 nitrogen and oxygen atoms in total. The van der Waals surface area contributed by atoms with Crippen LogP contribution in [0.3, 0.4) is 0 Å². The number of carbonyl (C=O) groups is 2. The molecule has 1 aliphatic carbocycles. The van der Waals surface area contributed by atoms with Gasteiger partial charge in [0.1, 0.15) is 12.1 Å². The summed E-state index contributed by atoms with van der Waals surface area (Å²) in [6.45, 7) is 10.4. The second-order valence-corrected chi connectivity index (χ2v) is 13.5. The van der Waals surface area contributed by atoms with Crippen molar-refractivity contribution in [2.75, 3.05) is 18.5 Å². The fraction of sp³-hybridized carbons (Fsp3) is 0.548. The first-order valence-corrected chi connectivity index (χ1v) is 14.7. The summed E-state index contributed by atoms with van der Waals surface area (Å²) in [7, 11) is 0. The molecule has 0 bridgehead atoms. The summed E-state index contributed by atoms with van der Waals surface area (Å²) in [5.74, 6) is -0.751. The summed E-state index contributed by atoms with van der Waals surface area (Å²) < 4.78 is 12.9. The predicted molar refractivity (Wildman–Crippen MR) is 159 cm³/mol. The molecular weight excluding hydrogens is 552 g/mol. The van der Waals surface area contributed by atoms with Crippen molar-refractivity contribution in [1.29, 1.82) is 0 Å². The van der Waals surface area contributed by atoms with Crippen LogP contribution < -0.4 is 16.0 Å². The maximum atomic E-state index is 14.1. The minimum Gasteiger partial charge on any atom is -0.393 e. The highest BCUT2D eigenvalue weighted by molar-refractivity contribution is 6.31. The topological polar surface area (TPSA) is 90.5 Å². The first-order valence-electron chi connectivity index (χ1n) is 14.0. The van der Waals surface area contributed by atoms with E-state index in [1.165, 1.54) is 6.08 Å². The standard InChI is InChI=1S/C31H40Cl2FN3O3/c1-18(6-5-7-21(33)16-34)26-27(28(39)35-17-19-8-11-22(38)12-9-19)37-25(15-30(2,3)4)31(26)23-13-10-20(32)14-24(23)36-29(31)40/h5-7,10,13-14,19,22,25-27,37-38H,1,8-9,11-12,15-17H2,2-4H3,(H,35,39)(H,36,40)/b6-5-,21-7+/t19-,22-,25-,26-,27+,31+/m0/s1. The van der Waals surface area contributed by atoms with E-state index < -0.39 is 24.0 Å². The monoisotopic (exact) mass is 591 g/mol. The lowest BCUT2D eigenvalue weighted by Gasteiger charge is -2.37. The molecule has 3 aliphatic rings. The Hall–Kier alpha value is -2.19. The van der Waals surface area contributed by atoms with Crippen LogP contribution in [0.25, 0.3) is 0 Å². The summed E-state index contributed by atoms with van der Waals surface area (Å²) >= 11 is 12.2. The number of alkyl halides is 1. The third kappa shape index (κ3) is 6.33. The molecule has 0 aromatic heterocycles. The van der Waals surface area contributed by atoms with E-state index in [1.54, 1.807) is 24.3 Å². The van der Waals surface area contributed by atoms with E-state index in [-0.39, 0.29) is 34.4 Å². The number of rotatable bonds is 8. The van der Waals surface area contributed by atoms with Gasteiger partial charge in [0.15, 0.2) is 0 Å². The third-order valence-corrected chi connectivity index (χ3v) is 8.86. The van der Waals surface area contributed by atoms with Crippen molar-refractivity contribution in [2.24, 2.45) is 17.3 Å². The smallest absolute Gasteiger partial charge is 0.237 e. The largest absolute Gasteiger partial charge is 0.393 e. The second-order valence-electron chi connectivity index (χ2n) is 12.6. The van der Waals surface area contributed by atoms with Crippen molar-refractivity contribution in [3.05, 3.63) is 64.2 Å². The summed E-state index contributed by atoms with van der Waals surface area (Å²) in [4.78, 5) is 28.0. The van der Waals surface area contributed by atoms with E-state index in [2.05, 4.69) is 43.3 Å². The Morgan fingerprint density at radius 3 is 2.62 bits per heavy atom. The Balaban J connectivity index is 1.76. The van der Waals surface area contributed by atoms with Gasteiger partial charge in [-0.15, -0.1) is 0 Å². The Kier molecular flexibility index (Phi) is 9.50. The van der Waals surface area contributed by atoms with Crippen LogP contribution in [0.4, 0.5) is 10.1 Å². The van der Waals surface area contributed by atoms with Crippen LogP contribution in [0.2, 0.25) is 5.02 Å². The lowest BCUT2D eigenvalue weighted by Crippen LogP contribution is -2.50. The normalized spacial score (nSPS) is 30.5. The number of halogens is 3. The fourth-order valence-electron chi connectivity index (χ4n) is 6.60. The number of anilines is 1. The SMILES string of the molecule is C=C(/C=C\C=C(\Cl)CF)[C@H]1[C@H](C(=O)NC[C@H]2CC[C@H](O)CC2)N[C@@H](CC(C)(C)C)[C@@]12C(=O)Nc1cc(Cl)ccc12. The van der Waals surface area contributed by atoms with Crippen molar-refractivity contribution in [3.8, 4) is 0 Å². The molecule has 0 unspecified atom stereocenters. The number of allylic oxidation sites excluding steroid dienone is 4. The molecule has 4 N–H and O–H groups in total. The molecular formula is C31H40Cl2FN3O3. The molecule has 2 amide bonds. The minimum absolute atomic E-state index is 0.0411. The van der Waals surface area contributed by atoms with Crippen LogP contribution in [0, 0.1) is 17.3 Å². The zero-order valence-electron chi connectivity index (χ0n) is 23.4. The maximum Gasteiger partial charge on any atom is 0.237 e. The third-order valence-electron chi connectivity index (χ3n) is 8.40. The molecule has 2 heterocycles. The molecule has 1 saturated heterocycles. The van der Waals surface area contributed by atoms with E-state index in [0.29, 0.717) is 35.2 Å². The number of benzene rings is 1. The highest BCUT2D eigenvalue weighted by Crippen LogP contribution is 2.55. The van der Waals surface area contributed by atoms with Crippen molar-refractivity contribution >= 4 is 40.7 Å². The molecule has 1 spiro atoms. The molecule has 0 radical (unpaired) electrons.